The van der Waals surface area contributed by atoms with E-state index >= 15 is 0 Å². The molecule has 1 atom stereocenters. The second-order valence-electron chi connectivity index (χ2n) is 4.13. The Balaban J connectivity index is 2.63. The third-order valence-electron chi connectivity index (χ3n) is 2.63. The van der Waals surface area contributed by atoms with Gasteiger partial charge in [0.15, 0.2) is 0 Å². The molecule has 0 spiro atoms. The van der Waals surface area contributed by atoms with Gasteiger partial charge in [-0.25, -0.2) is 9.59 Å². The molecule has 1 aromatic rings. The van der Waals surface area contributed by atoms with Crippen molar-refractivity contribution in [3.63, 3.8) is 0 Å². The minimum absolute atomic E-state index is 0.0776. The highest BCUT2D eigenvalue weighted by Crippen LogP contribution is 2.16. The molecule has 8 heteroatoms. The van der Waals surface area contributed by atoms with Gasteiger partial charge in [-0.05, 0) is 6.42 Å². The molecule has 112 valence electrons. The van der Waals surface area contributed by atoms with E-state index in [1.54, 1.807) is 6.07 Å². The number of carbonyl (C=O) groups is 2. The summed E-state index contributed by atoms with van der Waals surface area (Å²) in [5.74, 6) is -1.18. The van der Waals surface area contributed by atoms with Crippen LogP contribution in [-0.2, 0) is 11.3 Å². The molecule has 0 aliphatic heterocycles. The first-order chi connectivity index (χ1) is 9.95. The smallest absolute Gasteiger partial charge is 0.326 e. The molecule has 0 heterocycles. The van der Waals surface area contributed by atoms with Gasteiger partial charge < -0.3 is 15.7 Å². The summed E-state index contributed by atoms with van der Waals surface area (Å²) in [6, 6.07) is 4.16. The molecule has 21 heavy (non-hydrogen) atoms. The number of nitro groups is 1. The number of carboxylic acid groups (broad SMARTS) is 1. The van der Waals surface area contributed by atoms with Gasteiger partial charge in [-0.3, -0.25) is 10.1 Å². The standard InChI is InChI=1S/C13H15N3O5/c1-2-5-10(12(17)18)15-13(19)14-8-9-6-3-4-7-11(9)16(20)21/h2-4,6-7,10H,1,5,8H2,(H,17,18)(H2,14,15,19). The number of rotatable bonds is 7. The maximum absolute atomic E-state index is 11.6. The van der Waals surface area contributed by atoms with Gasteiger partial charge in [0.05, 0.1) is 11.5 Å². The van der Waals surface area contributed by atoms with Crippen molar-refractivity contribution in [2.24, 2.45) is 0 Å². The molecule has 8 nitrogen and oxygen atoms in total. The number of hydrogen-bond donors (Lipinski definition) is 3. The minimum atomic E-state index is -1.18. The monoisotopic (exact) mass is 293 g/mol. The number of nitrogens with one attached hydrogen (secondary N) is 2. The van der Waals surface area contributed by atoms with Gasteiger partial charge in [-0.15, -0.1) is 6.58 Å². The lowest BCUT2D eigenvalue weighted by Gasteiger charge is -2.13. The van der Waals surface area contributed by atoms with E-state index in [0.29, 0.717) is 5.56 Å². The SMILES string of the molecule is C=CCC(NC(=O)NCc1ccccc1[N+](=O)[O-])C(=O)O. The van der Waals surface area contributed by atoms with Crippen LogP contribution < -0.4 is 10.6 Å². The second-order valence-corrected chi connectivity index (χ2v) is 4.13. The molecule has 1 rings (SSSR count). The topological polar surface area (TPSA) is 122 Å². The first-order valence-electron chi connectivity index (χ1n) is 6.06. The van der Waals surface area contributed by atoms with Crippen LogP contribution in [0.5, 0.6) is 0 Å². The zero-order valence-electron chi connectivity index (χ0n) is 11.1. The molecule has 0 radical (unpaired) electrons. The lowest BCUT2D eigenvalue weighted by Crippen LogP contribution is -2.45. The Morgan fingerprint density at radius 3 is 2.67 bits per heavy atom. The molecular weight excluding hydrogens is 278 g/mol. The van der Waals surface area contributed by atoms with Crippen LogP contribution in [0.15, 0.2) is 36.9 Å². The maximum Gasteiger partial charge on any atom is 0.326 e. The molecule has 0 aliphatic carbocycles. The summed E-state index contributed by atoms with van der Waals surface area (Å²) in [6.45, 7) is 3.32. The molecule has 1 aromatic carbocycles. The first kappa shape index (κ1) is 16.2. The van der Waals surface area contributed by atoms with E-state index in [2.05, 4.69) is 17.2 Å². The number of para-hydroxylation sites is 1. The van der Waals surface area contributed by atoms with Crippen LogP contribution >= 0.6 is 0 Å². The number of hydrogen-bond acceptors (Lipinski definition) is 4. The fraction of sp³-hybridized carbons (Fsp3) is 0.231. The van der Waals surface area contributed by atoms with Crippen molar-refractivity contribution in [2.75, 3.05) is 0 Å². The van der Waals surface area contributed by atoms with E-state index in [1.807, 2.05) is 0 Å². The van der Waals surface area contributed by atoms with E-state index in [-0.39, 0.29) is 18.7 Å². The summed E-state index contributed by atoms with van der Waals surface area (Å²) >= 11 is 0. The maximum atomic E-state index is 11.6. The Bertz CT molecular complexity index is 558. The van der Waals surface area contributed by atoms with Gasteiger partial charge in [-0.2, -0.15) is 0 Å². The third kappa shape index (κ3) is 4.94. The van der Waals surface area contributed by atoms with Crippen molar-refractivity contribution >= 4 is 17.7 Å². The summed E-state index contributed by atoms with van der Waals surface area (Å²) in [5, 5.41) is 24.3. The van der Waals surface area contributed by atoms with E-state index in [0.717, 1.165) is 0 Å². The Hall–Kier alpha value is -2.90. The number of urea groups is 1. The fourth-order valence-electron chi connectivity index (χ4n) is 1.61. The summed E-state index contributed by atoms with van der Waals surface area (Å²) in [5.41, 5.74) is 0.215. The molecule has 0 aliphatic rings. The Labute approximate surface area is 120 Å². The highest BCUT2D eigenvalue weighted by atomic mass is 16.6. The van der Waals surface area contributed by atoms with Crippen molar-refractivity contribution in [3.8, 4) is 0 Å². The molecule has 1 unspecified atom stereocenters. The third-order valence-corrected chi connectivity index (χ3v) is 2.63. The minimum Gasteiger partial charge on any atom is -0.480 e. The molecule has 2 amide bonds. The molecule has 0 saturated heterocycles. The van der Waals surface area contributed by atoms with Crippen LogP contribution in [0.4, 0.5) is 10.5 Å². The average Bonchev–Trinajstić information content (AvgIpc) is 2.44. The zero-order chi connectivity index (χ0) is 15.8. The van der Waals surface area contributed by atoms with Crippen molar-refractivity contribution in [3.05, 3.63) is 52.6 Å². The van der Waals surface area contributed by atoms with E-state index in [4.69, 9.17) is 5.11 Å². The van der Waals surface area contributed by atoms with Gasteiger partial charge >= 0.3 is 12.0 Å². The number of amides is 2. The van der Waals surface area contributed by atoms with Crippen LogP contribution in [0.3, 0.4) is 0 Å². The largest absolute Gasteiger partial charge is 0.480 e. The predicted octanol–water partition coefficient (Wildman–Crippen LogP) is 1.42. The van der Waals surface area contributed by atoms with Crippen LogP contribution in [-0.4, -0.2) is 28.1 Å². The lowest BCUT2D eigenvalue weighted by atomic mass is 10.2. The summed E-state index contributed by atoms with van der Waals surface area (Å²) in [4.78, 5) is 32.7. The molecule has 0 fully saturated rings. The number of benzene rings is 1. The zero-order valence-corrected chi connectivity index (χ0v) is 11.1. The van der Waals surface area contributed by atoms with Gasteiger partial charge in [-0.1, -0.05) is 24.3 Å². The second kappa shape index (κ2) is 7.63. The van der Waals surface area contributed by atoms with Crippen LogP contribution in [0.2, 0.25) is 0 Å². The van der Waals surface area contributed by atoms with Crippen molar-refractivity contribution in [2.45, 2.75) is 19.0 Å². The number of carbonyl (C=O) groups excluding carboxylic acids is 1. The Kier molecular flexibility index (Phi) is 5.87. The summed E-state index contributed by atoms with van der Waals surface area (Å²) in [7, 11) is 0. The number of nitro benzene ring substituents is 1. The van der Waals surface area contributed by atoms with Crippen LogP contribution in [0.1, 0.15) is 12.0 Å². The van der Waals surface area contributed by atoms with Crippen molar-refractivity contribution < 1.29 is 19.6 Å². The number of carboxylic acids is 1. The Morgan fingerprint density at radius 2 is 2.10 bits per heavy atom. The normalized spacial score (nSPS) is 11.2. The quantitative estimate of drug-likeness (QED) is 0.399. The predicted molar refractivity (Wildman–Crippen MR) is 74.7 cm³/mol. The summed E-state index contributed by atoms with van der Waals surface area (Å²) < 4.78 is 0. The van der Waals surface area contributed by atoms with Gasteiger partial charge in [0.1, 0.15) is 6.04 Å². The van der Waals surface area contributed by atoms with Crippen molar-refractivity contribution in [1.82, 2.24) is 10.6 Å². The van der Waals surface area contributed by atoms with Crippen molar-refractivity contribution in [1.29, 1.82) is 0 Å². The number of nitrogens with zero attached hydrogens (tertiary/aromatic N) is 1. The van der Waals surface area contributed by atoms with E-state index < -0.39 is 23.0 Å². The highest BCUT2D eigenvalue weighted by molar-refractivity contribution is 5.82. The highest BCUT2D eigenvalue weighted by Gasteiger charge is 2.19. The first-order valence-corrected chi connectivity index (χ1v) is 6.06. The average molecular weight is 293 g/mol. The van der Waals surface area contributed by atoms with Gasteiger partial charge in [0, 0.05) is 11.6 Å². The molecule has 0 saturated carbocycles. The van der Waals surface area contributed by atoms with E-state index in [1.165, 1.54) is 24.3 Å². The fourth-order valence-corrected chi connectivity index (χ4v) is 1.61. The number of aliphatic carboxylic acids is 1. The van der Waals surface area contributed by atoms with Gasteiger partial charge in [0.25, 0.3) is 5.69 Å². The van der Waals surface area contributed by atoms with E-state index in [9.17, 15) is 19.7 Å². The van der Waals surface area contributed by atoms with Gasteiger partial charge in [0.2, 0.25) is 0 Å². The molecule has 3 N–H and O–H groups in total. The molecule has 0 bridgehead atoms. The summed E-state index contributed by atoms with van der Waals surface area (Å²) in [6.07, 6.45) is 1.45. The van der Waals surface area contributed by atoms with Crippen LogP contribution in [0, 0.1) is 10.1 Å². The molecular formula is C13H15N3O5. The Morgan fingerprint density at radius 1 is 1.43 bits per heavy atom. The lowest BCUT2D eigenvalue weighted by molar-refractivity contribution is -0.385. The molecule has 0 aromatic heterocycles. The van der Waals surface area contributed by atoms with Crippen LogP contribution in [0.25, 0.3) is 0 Å².